The molecule has 1 amide bonds. The Balaban J connectivity index is 1.70. The van der Waals surface area contributed by atoms with Gasteiger partial charge >= 0.3 is 0 Å². The van der Waals surface area contributed by atoms with Crippen molar-refractivity contribution in [3.8, 4) is 0 Å². The maximum absolute atomic E-state index is 12.3. The van der Waals surface area contributed by atoms with Crippen molar-refractivity contribution >= 4 is 51.6 Å². The normalized spacial score (nSPS) is 12.2. The van der Waals surface area contributed by atoms with Crippen LogP contribution in [-0.2, 0) is 4.79 Å². The average Bonchev–Trinajstić information content (AvgIpc) is 2.89. The number of oxazole rings is 1. The molecule has 0 spiro atoms. The maximum Gasteiger partial charge on any atom is 0.246 e. The predicted molar refractivity (Wildman–Crippen MR) is 96.9 cm³/mol. The number of amides is 1. The summed E-state index contributed by atoms with van der Waals surface area (Å²) in [6, 6.07) is 9.94. The van der Waals surface area contributed by atoms with Crippen molar-refractivity contribution in [3.63, 3.8) is 0 Å². The number of benzene rings is 2. The molecule has 24 heavy (non-hydrogen) atoms. The van der Waals surface area contributed by atoms with Crippen LogP contribution in [0.4, 0.5) is 11.4 Å². The highest BCUT2D eigenvalue weighted by molar-refractivity contribution is 6.36. The smallest absolute Gasteiger partial charge is 0.246 e. The molecule has 0 saturated carbocycles. The van der Waals surface area contributed by atoms with Crippen LogP contribution in [-0.4, -0.2) is 16.9 Å². The quantitative estimate of drug-likeness (QED) is 0.692. The molecular formula is C17H15Cl2N3O2. The Labute approximate surface area is 149 Å². The third-order valence-electron chi connectivity index (χ3n) is 3.46. The lowest BCUT2D eigenvalue weighted by Gasteiger charge is -2.16. The molecule has 5 nitrogen and oxygen atoms in total. The minimum atomic E-state index is -0.470. The lowest BCUT2D eigenvalue weighted by molar-refractivity contribution is -0.116. The van der Waals surface area contributed by atoms with Crippen LogP contribution in [0.3, 0.4) is 0 Å². The summed E-state index contributed by atoms with van der Waals surface area (Å²) in [5, 5.41) is 6.81. The van der Waals surface area contributed by atoms with Gasteiger partial charge in [-0.05, 0) is 43.3 Å². The number of carbonyl (C=O) groups excluding carboxylic acids is 1. The molecule has 2 N–H and O–H groups in total. The standard InChI is InChI=1S/C17H15Cl2N3O2/c1-9(17(23)22-14-5-3-11(18)7-13(14)19)20-12-4-6-16-15(8-12)21-10(2)24-16/h3-9,20H,1-2H3,(H,22,23)/t9-/m0/s1. The van der Waals surface area contributed by atoms with Gasteiger partial charge in [0.05, 0.1) is 10.7 Å². The molecule has 1 heterocycles. The number of nitrogens with one attached hydrogen (secondary N) is 2. The zero-order chi connectivity index (χ0) is 17.3. The van der Waals surface area contributed by atoms with E-state index < -0.39 is 6.04 Å². The third kappa shape index (κ3) is 3.63. The second-order valence-corrected chi connectivity index (χ2v) is 6.24. The topological polar surface area (TPSA) is 67.2 Å². The molecule has 0 aliphatic carbocycles. The second-order valence-electron chi connectivity index (χ2n) is 5.39. The van der Waals surface area contributed by atoms with Crippen molar-refractivity contribution in [2.45, 2.75) is 19.9 Å². The zero-order valence-electron chi connectivity index (χ0n) is 13.1. The van der Waals surface area contributed by atoms with Gasteiger partial charge in [-0.25, -0.2) is 4.98 Å². The number of hydrogen-bond donors (Lipinski definition) is 2. The van der Waals surface area contributed by atoms with E-state index in [2.05, 4.69) is 15.6 Å². The van der Waals surface area contributed by atoms with E-state index in [-0.39, 0.29) is 5.91 Å². The van der Waals surface area contributed by atoms with Crippen LogP contribution in [0.2, 0.25) is 10.0 Å². The summed E-state index contributed by atoms with van der Waals surface area (Å²) >= 11 is 11.9. The van der Waals surface area contributed by atoms with Gasteiger partial charge in [0.25, 0.3) is 0 Å². The van der Waals surface area contributed by atoms with Gasteiger partial charge < -0.3 is 15.1 Å². The van der Waals surface area contributed by atoms with Gasteiger partial charge in [0.2, 0.25) is 5.91 Å². The molecule has 0 aliphatic rings. The molecule has 7 heteroatoms. The van der Waals surface area contributed by atoms with Crippen LogP contribution in [0.5, 0.6) is 0 Å². The number of fused-ring (bicyclic) bond motifs is 1. The number of aromatic nitrogens is 1. The van der Waals surface area contributed by atoms with Crippen LogP contribution in [0.1, 0.15) is 12.8 Å². The first-order valence-corrected chi connectivity index (χ1v) is 8.07. The molecule has 1 atom stereocenters. The van der Waals surface area contributed by atoms with Gasteiger partial charge in [-0.1, -0.05) is 23.2 Å². The monoisotopic (exact) mass is 363 g/mol. The minimum Gasteiger partial charge on any atom is -0.441 e. The average molecular weight is 364 g/mol. The molecule has 1 aromatic heterocycles. The molecule has 0 aliphatic heterocycles. The summed E-state index contributed by atoms with van der Waals surface area (Å²) in [4.78, 5) is 16.6. The fraction of sp³-hybridized carbons (Fsp3) is 0.176. The molecule has 0 bridgehead atoms. The number of hydrogen-bond acceptors (Lipinski definition) is 4. The Morgan fingerprint density at radius 3 is 2.75 bits per heavy atom. The fourth-order valence-corrected chi connectivity index (χ4v) is 2.74. The molecule has 0 radical (unpaired) electrons. The van der Waals surface area contributed by atoms with Crippen LogP contribution in [0, 0.1) is 6.92 Å². The number of aryl methyl sites for hydroxylation is 1. The van der Waals surface area contributed by atoms with Crippen molar-refractivity contribution < 1.29 is 9.21 Å². The Hall–Kier alpha value is -2.24. The van der Waals surface area contributed by atoms with Crippen molar-refractivity contribution in [3.05, 3.63) is 52.3 Å². The Bertz CT molecular complexity index is 908. The number of nitrogens with zero attached hydrogens (tertiary/aromatic N) is 1. The van der Waals surface area contributed by atoms with E-state index in [1.54, 1.807) is 32.0 Å². The molecule has 0 unspecified atom stereocenters. The van der Waals surface area contributed by atoms with Crippen LogP contribution >= 0.6 is 23.2 Å². The minimum absolute atomic E-state index is 0.212. The molecule has 0 fully saturated rings. The summed E-state index contributed by atoms with van der Waals surface area (Å²) in [5.41, 5.74) is 2.75. The number of halogens is 2. The largest absolute Gasteiger partial charge is 0.441 e. The zero-order valence-corrected chi connectivity index (χ0v) is 14.6. The van der Waals surface area contributed by atoms with Crippen molar-refractivity contribution in [2.24, 2.45) is 0 Å². The van der Waals surface area contributed by atoms with Crippen molar-refractivity contribution in [1.29, 1.82) is 0 Å². The molecule has 2 aromatic carbocycles. The van der Waals surface area contributed by atoms with E-state index in [1.165, 1.54) is 0 Å². The van der Waals surface area contributed by atoms with E-state index in [1.807, 2.05) is 18.2 Å². The van der Waals surface area contributed by atoms with Crippen molar-refractivity contribution in [1.82, 2.24) is 4.98 Å². The van der Waals surface area contributed by atoms with E-state index in [4.69, 9.17) is 27.6 Å². The van der Waals surface area contributed by atoms with E-state index in [0.29, 0.717) is 27.2 Å². The maximum atomic E-state index is 12.3. The molecule has 3 aromatic rings. The second kappa shape index (κ2) is 6.71. The van der Waals surface area contributed by atoms with Crippen molar-refractivity contribution in [2.75, 3.05) is 10.6 Å². The van der Waals surface area contributed by atoms with E-state index >= 15 is 0 Å². The summed E-state index contributed by atoms with van der Waals surface area (Å²) in [5.74, 6) is 0.390. The van der Waals surface area contributed by atoms with Crippen LogP contribution in [0.15, 0.2) is 40.8 Å². The Morgan fingerprint density at radius 1 is 1.21 bits per heavy atom. The summed E-state index contributed by atoms with van der Waals surface area (Å²) in [7, 11) is 0. The SMILES string of the molecule is Cc1nc2cc(N[C@@H](C)C(=O)Nc3ccc(Cl)cc3Cl)ccc2o1. The number of carbonyl (C=O) groups is 1. The van der Waals surface area contributed by atoms with E-state index in [0.717, 1.165) is 11.2 Å². The van der Waals surface area contributed by atoms with Crippen LogP contribution < -0.4 is 10.6 Å². The third-order valence-corrected chi connectivity index (χ3v) is 4.01. The number of anilines is 2. The van der Waals surface area contributed by atoms with Gasteiger partial charge in [0, 0.05) is 17.6 Å². The Kier molecular flexibility index (Phi) is 4.64. The molecule has 3 rings (SSSR count). The van der Waals surface area contributed by atoms with Gasteiger partial charge in [-0.2, -0.15) is 0 Å². The first-order chi connectivity index (χ1) is 11.4. The Morgan fingerprint density at radius 2 is 2.00 bits per heavy atom. The van der Waals surface area contributed by atoms with Gasteiger partial charge in [0.1, 0.15) is 11.6 Å². The first kappa shape index (κ1) is 16.6. The fourth-order valence-electron chi connectivity index (χ4n) is 2.28. The van der Waals surface area contributed by atoms with Gasteiger partial charge in [0.15, 0.2) is 11.5 Å². The lowest BCUT2D eigenvalue weighted by Crippen LogP contribution is -2.31. The summed E-state index contributed by atoms with van der Waals surface area (Å²) in [6.07, 6.45) is 0. The lowest BCUT2D eigenvalue weighted by atomic mass is 10.2. The van der Waals surface area contributed by atoms with Crippen LogP contribution in [0.25, 0.3) is 11.1 Å². The summed E-state index contributed by atoms with van der Waals surface area (Å²) < 4.78 is 5.43. The molecule has 124 valence electrons. The van der Waals surface area contributed by atoms with Gasteiger partial charge in [-0.15, -0.1) is 0 Å². The molecule has 0 saturated heterocycles. The predicted octanol–water partition coefficient (Wildman–Crippen LogP) is 4.88. The first-order valence-electron chi connectivity index (χ1n) is 7.32. The highest BCUT2D eigenvalue weighted by Crippen LogP contribution is 2.26. The van der Waals surface area contributed by atoms with Gasteiger partial charge in [-0.3, -0.25) is 4.79 Å². The van der Waals surface area contributed by atoms with E-state index in [9.17, 15) is 4.79 Å². The molecular weight excluding hydrogens is 349 g/mol. The number of rotatable bonds is 4. The summed E-state index contributed by atoms with van der Waals surface area (Å²) in [6.45, 7) is 3.55. The highest BCUT2D eigenvalue weighted by atomic mass is 35.5. The highest BCUT2D eigenvalue weighted by Gasteiger charge is 2.15.